The molecule has 0 spiro atoms. The third-order valence-corrected chi connectivity index (χ3v) is 2.48. The van der Waals surface area contributed by atoms with Crippen molar-refractivity contribution in [2.45, 2.75) is 6.54 Å². The molecule has 0 fully saturated rings. The molecule has 16 heavy (non-hydrogen) atoms. The molecule has 2 heterocycles. The Labute approximate surface area is 95.7 Å². The van der Waals surface area contributed by atoms with Crippen LogP contribution in [0.4, 0.5) is 11.9 Å². The molecule has 2 aromatic heterocycles. The van der Waals surface area contributed by atoms with E-state index in [9.17, 15) is 0 Å². The van der Waals surface area contributed by atoms with Crippen LogP contribution in [0.3, 0.4) is 0 Å². The Morgan fingerprint density at radius 2 is 2.31 bits per heavy atom. The first-order chi connectivity index (χ1) is 7.78. The van der Waals surface area contributed by atoms with E-state index < -0.39 is 0 Å². The number of methoxy groups -OCH3 is 1. The monoisotopic (exact) mass is 238 g/mol. The second-order valence-corrected chi connectivity index (χ2v) is 3.76. The van der Waals surface area contributed by atoms with Gasteiger partial charge in [0.15, 0.2) is 0 Å². The molecule has 0 amide bonds. The van der Waals surface area contributed by atoms with Crippen LogP contribution in [0.1, 0.15) is 5.01 Å². The number of nitrogens with one attached hydrogen (secondary N) is 1. The number of aromatic nitrogens is 4. The average molecular weight is 238 g/mol. The van der Waals surface area contributed by atoms with Crippen molar-refractivity contribution in [2.75, 3.05) is 18.2 Å². The maximum Gasteiger partial charge on any atom is 0.322 e. The van der Waals surface area contributed by atoms with Crippen molar-refractivity contribution >= 4 is 23.2 Å². The highest BCUT2D eigenvalue weighted by Crippen LogP contribution is 2.10. The number of rotatable bonds is 4. The minimum Gasteiger partial charge on any atom is -0.467 e. The van der Waals surface area contributed by atoms with E-state index in [0.29, 0.717) is 12.5 Å². The molecule has 2 rings (SSSR count). The Balaban J connectivity index is 2.06. The van der Waals surface area contributed by atoms with Crippen LogP contribution in [-0.2, 0) is 6.54 Å². The molecule has 3 N–H and O–H groups in total. The highest BCUT2D eigenvalue weighted by atomic mass is 32.1. The Morgan fingerprint density at radius 3 is 3.00 bits per heavy atom. The molecule has 0 aliphatic carbocycles. The second kappa shape index (κ2) is 4.71. The number of thiazole rings is 1. The van der Waals surface area contributed by atoms with Crippen molar-refractivity contribution in [3.8, 4) is 6.01 Å². The molecule has 0 aromatic carbocycles. The summed E-state index contributed by atoms with van der Waals surface area (Å²) >= 11 is 1.55. The zero-order valence-electron chi connectivity index (χ0n) is 8.54. The van der Waals surface area contributed by atoms with Gasteiger partial charge in [-0.2, -0.15) is 15.0 Å². The summed E-state index contributed by atoms with van der Waals surface area (Å²) in [4.78, 5) is 15.8. The summed E-state index contributed by atoms with van der Waals surface area (Å²) in [6, 6.07) is 0.189. The summed E-state index contributed by atoms with van der Waals surface area (Å²) in [5.74, 6) is 0.494. The van der Waals surface area contributed by atoms with Crippen LogP contribution in [0.25, 0.3) is 0 Å². The van der Waals surface area contributed by atoms with Gasteiger partial charge in [-0.3, -0.25) is 0 Å². The van der Waals surface area contributed by atoms with Gasteiger partial charge in [-0.25, -0.2) is 4.98 Å². The fourth-order valence-corrected chi connectivity index (χ4v) is 1.59. The van der Waals surface area contributed by atoms with Gasteiger partial charge in [0.2, 0.25) is 11.9 Å². The molecule has 84 valence electrons. The molecule has 0 unspecified atom stereocenters. The number of hydrogen-bond donors (Lipinski definition) is 2. The lowest BCUT2D eigenvalue weighted by Gasteiger charge is -2.04. The van der Waals surface area contributed by atoms with Crippen molar-refractivity contribution in [1.29, 1.82) is 0 Å². The van der Waals surface area contributed by atoms with Gasteiger partial charge in [-0.1, -0.05) is 0 Å². The number of hydrogen-bond acceptors (Lipinski definition) is 8. The molecular weight excluding hydrogens is 228 g/mol. The molecule has 2 aromatic rings. The normalized spacial score (nSPS) is 10.1. The van der Waals surface area contributed by atoms with Gasteiger partial charge in [0.05, 0.1) is 13.7 Å². The van der Waals surface area contributed by atoms with Crippen LogP contribution in [0.5, 0.6) is 6.01 Å². The quantitative estimate of drug-likeness (QED) is 0.801. The van der Waals surface area contributed by atoms with Crippen LogP contribution in [-0.4, -0.2) is 27.0 Å². The lowest BCUT2D eigenvalue weighted by atomic mass is 10.6. The van der Waals surface area contributed by atoms with Crippen molar-refractivity contribution < 1.29 is 4.74 Å². The maximum atomic E-state index is 5.49. The highest BCUT2D eigenvalue weighted by molar-refractivity contribution is 7.09. The van der Waals surface area contributed by atoms with Gasteiger partial charge in [0.25, 0.3) is 0 Å². The van der Waals surface area contributed by atoms with Gasteiger partial charge in [-0.05, 0) is 0 Å². The van der Waals surface area contributed by atoms with E-state index >= 15 is 0 Å². The highest BCUT2D eigenvalue weighted by Gasteiger charge is 2.04. The van der Waals surface area contributed by atoms with Crippen molar-refractivity contribution in [3.63, 3.8) is 0 Å². The molecule has 8 heteroatoms. The Kier molecular flexibility index (Phi) is 3.10. The van der Waals surface area contributed by atoms with E-state index in [0.717, 1.165) is 5.01 Å². The first-order valence-corrected chi connectivity index (χ1v) is 5.33. The third kappa shape index (κ3) is 2.54. The Hall–Kier alpha value is -1.96. The van der Waals surface area contributed by atoms with Crippen LogP contribution in [0, 0.1) is 0 Å². The Morgan fingerprint density at radius 1 is 1.44 bits per heavy atom. The first-order valence-electron chi connectivity index (χ1n) is 4.45. The van der Waals surface area contributed by atoms with E-state index in [-0.39, 0.29) is 12.0 Å². The SMILES string of the molecule is COc1nc(N)nc(NCc2nccs2)n1. The Bertz CT molecular complexity index is 460. The topological polar surface area (TPSA) is 98.8 Å². The average Bonchev–Trinajstić information content (AvgIpc) is 2.78. The number of anilines is 2. The van der Waals surface area contributed by atoms with Gasteiger partial charge >= 0.3 is 6.01 Å². The molecule has 0 bridgehead atoms. The van der Waals surface area contributed by atoms with Crippen molar-refractivity contribution in [2.24, 2.45) is 0 Å². The zero-order valence-corrected chi connectivity index (χ0v) is 9.36. The fraction of sp³-hybridized carbons (Fsp3) is 0.250. The predicted octanol–water partition coefficient (Wildman–Crippen LogP) is 0.531. The van der Waals surface area contributed by atoms with E-state index in [4.69, 9.17) is 10.5 Å². The number of nitrogens with two attached hydrogens (primary N) is 1. The van der Waals surface area contributed by atoms with E-state index in [1.165, 1.54) is 7.11 Å². The molecule has 0 saturated carbocycles. The maximum absolute atomic E-state index is 5.49. The summed E-state index contributed by atoms with van der Waals surface area (Å²) in [5, 5.41) is 5.83. The molecule has 7 nitrogen and oxygen atoms in total. The minimum atomic E-state index is 0.119. The van der Waals surface area contributed by atoms with Crippen molar-refractivity contribution in [1.82, 2.24) is 19.9 Å². The first kappa shape index (κ1) is 10.6. The molecule has 0 aliphatic heterocycles. The standard InChI is InChI=1S/C8H10N6OS/c1-15-8-13-6(9)12-7(14-8)11-4-5-10-2-3-16-5/h2-3H,4H2,1H3,(H3,9,11,12,13,14). The minimum absolute atomic E-state index is 0.119. The van der Waals surface area contributed by atoms with E-state index in [1.54, 1.807) is 17.5 Å². The van der Waals surface area contributed by atoms with Gasteiger partial charge in [0, 0.05) is 11.6 Å². The summed E-state index contributed by atoms with van der Waals surface area (Å²) < 4.78 is 4.88. The van der Waals surface area contributed by atoms with Crippen molar-refractivity contribution in [3.05, 3.63) is 16.6 Å². The largest absolute Gasteiger partial charge is 0.467 e. The number of nitrogens with zero attached hydrogens (tertiary/aromatic N) is 4. The molecule has 0 atom stereocenters. The van der Waals surface area contributed by atoms with E-state index in [2.05, 4.69) is 25.3 Å². The lowest BCUT2D eigenvalue weighted by Crippen LogP contribution is -2.08. The molecular formula is C8H10N6OS. The lowest BCUT2D eigenvalue weighted by molar-refractivity contribution is 0.379. The smallest absolute Gasteiger partial charge is 0.322 e. The van der Waals surface area contributed by atoms with Crippen LogP contribution >= 0.6 is 11.3 Å². The molecule has 0 aliphatic rings. The van der Waals surface area contributed by atoms with Gasteiger partial charge in [0.1, 0.15) is 5.01 Å². The third-order valence-electron chi connectivity index (χ3n) is 1.70. The molecule has 0 saturated heterocycles. The summed E-state index contributed by atoms with van der Waals surface area (Å²) in [7, 11) is 1.47. The van der Waals surface area contributed by atoms with Crippen LogP contribution in [0.15, 0.2) is 11.6 Å². The van der Waals surface area contributed by atoms with Crippen LogP contribution in [0.2, 0.25) is 0 Å². The summed E-state index contributed by atoms with van der Waals surface area (Å²) in [5.41, 5.74) is 5.49. The van der Waals surface area contributed by atoms with E-state index in [1.807, 2.05) is 5.38 Å². The fourth-order valence-electron chi connectivity index (χ4n) is 1.04. The number of ether oxygens (including phenoxy) is 1. The van der Waals surface area contributed by atoms with Gasteiger partial charge in [-0.15, -0.1) is 11.3 Å². The number of nitrogen functional groups attached to an aromatic ring is 1. The second-order valence-electron chi connectivity index (χ2n) is 2.78. The zero-order chi connectivity index (χ0) is 11.4. The van der Waals surface area contributed by atoms with Gasteiger partial charge < -0.3 is 15.8 Å². The summed E-state index contributed by atoms with van der Waals surface area (Å²) in [6.07, 6.45) is 1.74. The van der Waals surface area contributed by atoms with Crippen LogP contribution < -0.4 is 15.8 Å². The summed E-state index contributed by atoms with van der Waals surface area (Å²) in [6.45, 7) is 0.546. The predicted molar refractivity (Wildman–Crippen MR) is 60.2 cm³/mol. The molecule has 0 radical (unpaired) electrons.